The van der Waals surface area contributed by atoms with Crippen molar-refractivity contribution < 1.29 is 0 Å². The zero-order chi connectivity index (χ0) is 8.53. The lowest BCUT2D eigenvalue weighted by Gasteiger charge is -1.86. The lowest BCUT2D eigenvalue weighted by atomic mass is 10.2. The van der Waals surface area contributed by atoms with E-state index in [2.05, 4.69) is 34.6 Å². The van der Waals surface area contributed by atoms with Crippen molar-refractivity contribution in [3.63, 3.8) is 0 Å². The molecule has 0 saturated heterocycles. The van der Waals surface area contributed by atoms with Crippen LogP contribution in [0.2, 0.25) is 0 Å². The fraction of sp³-hybridized carbons (Fsp3) is 0. The maximum atomic E-state index is 6.50. The first-order valence-electron chi connectivity index (χ1n) is 3.01. The van der Waals surface area contributed by atoms with Gasteiger partial charge in [-0.2, -0.15) is 0 Å². The SMILES string of the molecule is BrC=Cc1ccccc1.C#N. The Balaban J connectivity index is 0.000000461. The highest BCUT2D eigenvalue weighted by Crippen LogP contribution is 2.01. The van der Waals surface area contributed by atoms with Gasteiger partial charge in [-0.1, -0.05) is 46.3 Å². The summed E-state index contributed by atoms with van der Waals surface area (Å²) < 4.78 is 0. The summed E-state index contributed by atoms with van der Waals surface area (Å²) in [5, 5.41) is 6.50. The van der Waals surface area contributed by atoms with E-state index in [4.69, 9.17) is 5.26 Å². The van der Waals surface area contributed by atoms with Crippen LogP contribution in [0.3, 0.4) is 0 Å². The number of rotatable bonds is 1. The van der Waals surface area contributed by atoms with Crippen LogP contribution in [0.15, 0.2) is 35.3 Å². The predicted molar refractivity (Wildman–Crippen MR) is 51.1 cm³/mol. The summed E-state index contributed by atoms with van der Waals surface area (Å²) in [4.78, 5) is 1.85. The molecule has 0 aliphatic carbocycles. The third kappa shape index (κ3) is 4.35. The molecule has 11 heavy (non-hydrogen) atoms. The van der Waals surface area contributed by atoms with Crippen molar-refractivity contribution in [3.05, 3.63) is 40.9 Å². The Morgan fingerprint density at radius 1 is 1.18 bits per heavy atom. The second-order valence-electron chi connectivity index (χ2n) is 1.70. The van der Waals surface area contributed by atoms with Crippen molar-refractivity contribution in [1.29, 1.82) is 5.26 Å². The van der Waals surface area contributed by atoms with E-state index in [1.807, 2.05) is 29.3 Å². The second-order valence-corrected chi connectivity index (χ2v) is 2.23. The fourth-order valence-corrected chi connectivity index (χ4v) is 0.942. The van der Waals surface area contributed by atoms with Gasteiger partial charge in [-0.05, 0) is 16.6 Å². The Kier molecular flexibility index (Phi) is 6.36. The molecule has 0 spiro atoms. The molecule has 0 atom stereocenters. The van der Waals surface area contributed by atoms with E-state index in [1.54, 1.807) is 0 Å². The van der Waals surface area contributed by atoms with Crippen LogP contribution < -0.4 is 0 Å². The lowest BCUT2D eigenvalue weighted by Crippen LogP contribution is -1.64. The monoisotopic (exact) mass is 209 g/mol. The first-order chi connectivity index (χ1) is 5.43. The van der Waals surface area contributed by atoms with Crippen LogP contribution in [0.4, 0.5) is 0 Å². The van der Waals surface area contributed by atoms with Crippen LogP contribution in [0.1, 0.15) is 5.56 Å². The molecule has 2 heteroatoms. The van der Waals surface area contributed by atoms with E-state index in [9.17, 15) is 0 Å². The Morgan fingerprint density at radius 3 is 2.18 bits per heavy atom. The summed E-state index contributed by atoms with van der Waals surface area (Å²) >= 11 is 3.21. The zero-order valence-electron chi connectivity index (χ0n) is 5.94. The summed E-state index contributed by atoms with van der Waals surface area (Å²) in [5.74, 6) is 0. The molecule has 0 aromatic heterocycles. The van der Waals surface area contributed by atoms with Crippen LogP contribution in [0, 0.1) is 11.8 Å². The van der Waals surface area contributed by atoms with Crippen molar-refractivity contribution in [2.75, 3.05) is 0 Å². The molecule has 0 aliphatic heterocycles. The highest BCUT2D eigenvalue weighted by atomic mass is 79.9. The highest BCUT2D eigenvalue weighted by molar-refractivity contribution is 9.11. The summed E-state index contributed by atoms with van der Waals surface area (Å²) in [6.07, 6.45) is 2.00. The normalized spacial score (nSPS) is 8.64. The Hall–Kier alpha value is -1.07. The van der Waals surface area contributed by atoms with Gasteiger partial charge >= 0.3 is 0 Å². The number of benzene rings is 1. The van der Waals surface area contributed by atoms with Crippen molar-refractivity contribution in [2.45, 2.75) is 0 Å². The standard InChI is InChI=1S/C8H7Br.CHN/c9-7-6-8-4-2-1-3-5-8;1-2/h1-7H;1H. The summed E-state index contributed by atoms with van der Waals surface area (Å²) in [5.41, 5.74) is 1.22. The second kappa shape index (κ2) is 7.04. The third-order valence-corrected chi connectivity index (χ3v) is 1.32. The molecule has 0 unspecified atom stereocenters. The maximum Gasteiger partial charge on any atom is 0.0462 e. The minimum Gasteiger partial charge on any atom is -0.202 e. The van der Waals surface area contributed by atoms with E-state index in [0.29, 0.717) is 0 Å². The number of nitriles is 1. The first kappa shape index (κ1) is 9.93. The smallest absolute Gasteiger partial charge is 0.0462 e. The predicted octanol–water partition coefficient (Wildman–Crippen LogP) is 3.19. The number of hydrogen-bond acceptors (Lipinski definition) is 1. The molecule has 0 amide bonds. The number of nitrogens with zero attached hydrogens (tertiary/aromatic N) is 1. The first-order valence-corrected chi connectivity index (χ1v) is 3.92. The molecule has 0 bridgehead atoms. The molecule has 1 nitrogen and oxygen atoms in total. The van der Waals surface area contributed by atoms with Gasteiger partial charge in [0.2, 0.25) is 0 Å². The Morgan fingerprint density at radius 2 is 1.73 bits per heavy atom. The minimum atomic E-state index is 1.22. The number of halogens is 1. The lowest BCUT2D eigenvalue weighted by molar-refractivity contribution is 1.58. The zero-order valence-corrected chi connectivity index (χ0v) is 7.53. The Bertz CT molecular complexity index is 226. The van der Waals surface area contributed by atoms with Gasteiger partial charge in [-0.25, -0.2) is 5.26 Å². The van der Waals surface area contributed by atoms with E-state index in [1.165, 1.54) is 5.56 Å². The highest BCUT2D eigenvalue weighted by Gasteiger charge is 1.78. The molecule has 0 radical (unpaired) electrons. The van der Waals surface area contributed by atoms with Gasteiger partial charge in [0.15, 0.2) is 0 Å². The van der Waals surface area contributed by atoms with Gasteiger partial charge in [0.25, 0.3) is 0 Å². The molecule has 1 aromatic carbocycles. The third-order valence-electron chi connectivity index (χ3n) is 1.06. The van der Waals surface area contributed by atoms with Crippen molar-refractivity contribution in [2.24, 2.45) is 0 Å². The molecule has 0 saturated carbocycles. The fourth-order valence-electron chi connectivity index (χ4n) is 0.637. The van der Waals surface area contributed by atoms with Crippen molar-refractivity contribution in [3.8, 4) is 6.57 Å². The van der Waals surface area contributed by atoms with Crippen LogP contribution in [-0.4, -0.2) is 0 Å². The Labute approximate surface area is 75.1 Å². The van der Waals surface area contributed by atoms with E-state index < -0.39 is 0 Å². The van der Waals surface area contributed by atoms with E-state index >= 15 is 0 Å². The van der Waals surface area contributed by atoms with Crippen molar-refractivity contribution >= 4 is 22.0 Å². The van der Waals surface area contributed by atoms with Gasteiger partial charge in [0.1, 0.15) is 0 Å². The van der Waals surface area contributed by atoms with E-state index in [-0.39, 0.29) is 0 Å². The molecule has 0 heterocycles. The van der Waals surface area contributed by atoms with Gasteiger partial charge < -0.3 is 0 Å². The molecular weight excluding hydrogens is 202 g/mol. The van der Waals surface area contributed by atoms with Crippen LogP contribution in [0.25, 0.3) is 6.08 Å². The van der Waals surface area contributed by atoms with Crippen LogP contribution >= 0.6 is 15.9 Å². The average Bonchev–Trinajstić information content (AvgIpc) is 2.11. The largest absolute Gasteiger partial charge is 0.202 e. The molecule has 1 aromatic rings. The van der Waals surface area contributed by atoms with Gasteiger partial charge in [0, 0.05) is 6.57 Å². The van der Waals surface area contributed by atoms with Gasteiger partial charge in [0.05, 0.1) is 0 Å². The topological polar surface area (TPSA) is 23.8 Å². The van der Waals surface area contributed by atoms with Gasteiger partial charge in [-0.3, -0.25) is 0 Å². The van der Waals surface area contributed by atoms with Crippen LogP contribution in [0.5, 0.6) is 0 Å². The van der Waals surface area contributed by atoms with Gasteiger partial charge in [-0.15, -0.1) is 0 Å². The molecular formula is C9H8BrN. The molecule has 0 fully saturated rings. The number of hydrogen-bond donors (Lipinski definition) is 0. The molecule has 0 N–H and O–H groups in total. The average molecular weight is 210 g/mol. The van der Waals surface area contributed by atoms with Crippen LogP contribution in [-0.2, 0) is 0 Å². The summed E-state index contributed by atoms with van der Waals surface area (Å²) in [7, 11) is 0. The quantitative estimate of drug-likeness (QED) is 0.698. The van der Waals surface area contributed by atoms with Crippen molar-refractivity contribution in [1.82, 2.24) is 0 Å². The van der Waals surface area contributed by atoms with E-state index in [0.717, 1.165) is 0 Å². The molecule has 1 rings (SSSR count). The molecule has 56 valence electrons. The summed E-state index contributed by atoms with van der Waals surface area (Å²) in [6, 6.07) is 10.1. The maximum absolute atomic E-state index is 6.50. The summed E-state index contributed by atoms with van der Waals surface area (Å²) in [6.45, 7) is 3.50. The molecule has 0 aliphatic rings. The minimum absolute atomic E-state index is 1.22.